The van der Waals surface area contributed by atoms with E-state index in [4.69, 9.17) is 0 Å². The van der Waals surface area contributed by atoms with Gasteiger partial charge in [0.25, 0.3) is 0 Å². The summed E-state index contributed by atoms with van der Waals surface area (Å²) in [4.78, 5) is 0. The molecule has 0 amide bonds. The average molecular weight is 350 g/mol. The van der Waals surface area contributed by atoms with Gasteiger partial charge in [-0.05, 0) is 49.2 Å². The molecule has 1 atom stereocenters. The molecule has 3 heteroatoms. The summed E-state index contributed by atoms with van der Waals surface area (Å²) < 4.78 is 14.5. The van der Waals surface area contributed by atoms with Crippen LogP contribution < -0.4 is 5.32 Å². The number of benzene rings is 2. The van der Waals surface area contributed by atoms with Crippen LogP contribution >= 0.6 is 15.9 Å². The lowest BCUT2D eigenvalue weighted by Gasteiger charge is -2.34. The van der Waals surface area contributed by atoms with E-state index >= 15 is 0 Å². The lowest BCUT2D eigenvalue weighted by Crippen LogP contribution is -2.38. The molecule has 0 bridgehead atoms. The molecule has 0 aliphatic carbocycles. The van der Waals surface area contributed by atoms with E-state index in [1.54, 1.807) is 12.1 Å². The minimum atomic E-state index is -0.185. The maximum atomic E-state index is 13.6. The Hall–Kier alpha value is -1.19. The van der Waals surface area contributed by atoms with Gasteiger partial charge in [-0.2, -0.15) is 0 Å². The van der Waals surface area contributed by atoms with Crippen LogP contribution in [-0.4, -0.2) is 13.6 Å². The van der Waals surface area contributed by atoms with E-state index in [0.717, 1.165) is 29.4 Å². The minimum absolute atomic E-state index is 0.0354. The molecular formula is C18H21BrFN. The second-order valence-corrected chi connectivity index (χ2v) is 6.30. The van der Waals surface area contributed by atoms with Crippen molar-refractivity contribution < 1.29 is 4.39 Å². The number of rotatable bonds is 6. The monoisotopic (exact) mass is 349 g/mol. The fourth-order valence-electron chi connectivity index (χ4n) is 2.89. The summed E-state index contributed by atoms with van der Waals surface area (Å²) in [5.41, 5.74) is 2.26. The Labute approximate surface area is 134 Å². The number of hydrogen-bond acceptors (Lipinski definition) is 1. The Bertz CT molecular complexity index is 585. The first-order chi connectivity index (χ1) is 10.1. The van der Waals surface area contributed by atoms with Crippen molar-refractivity contribution in [2.24, 2.45) is 0 Å². The van der Waals surface area contributed by atoms with Gasteiger partial charge in [0, 0.05) is 16.4 Å². The van der Waals surface area contributed by atoms with E-state index in [0.29, 0.717) is 0 Å². The molecule has 0 saturated carbocycles. The fourth-order valence-corrected chi connectivity index (χ4v) is 3.28. The summed E-state index contributed by atoms with van der Waals surface area (Å²) in [6.07, 6.45) is 1.79. The third-order valence-corrected chi connectivity index (χ3v) is 4.89. The maximum absolute atomic E-state index is 13.6. The van der Waals surface area contributed by atoms with Gasteiger partial charge < -0.3 is 5.32 Å². The van der Waals surface area contributed by atoms with Crippen molar-refractivity contribution in [3.05, 3.63) is 69.9 Å². The number of hydrogen-bond donors (Lipinski definition) is 1. The van der Waals surface area contributed by atoms with Gasteiger partial charge in [0.15, 0.2) is 0 Å². The lowest BCUT2D eigenvalue weighted by molar-refractivity contribution is 0.389. The molecule has 112 valence electrons. The Morgan fingerprint density at radius 3 is 2.48 bits per heavy atom. The van der Waals surface area contributed by atoms with Crippen LogP contribution in [0, 0.1) is 5.82 Å². The van der Waals surface area contributed by atoms with E-state index in [-0.39, 0.29) is 11.2 Å². The molecule has 1 nitrogen and oxygen atoms in total. The van der Waals surface area contributed by atoms with Gasteiger partial charge in [0.2, 0.25) is 0 Å². The summed E-state index contributed by atoms with van der Waals surface area (Å²) in [6, 6.07) is 15.4. The molecule has 0 aliphatic heterocycles. The van der Waals surface area contributed by atoms with Crippen LogP contribution in [0.25, 0.3) is 0 Å². The lowest BCUT2D eigenvalue weighted by atomic mass is 9.73. The minimum Gasteiger partial charge on any atom is -0.319 e. The predicted molar refractivity (Wildman–Crippen MR) is 90.1 cm³/mol. The summed E-state index contributed by atoms with van der Waals surface area (Å²) in [5.74, 6) is -0.185. The van der Waals surface area contributed by atoms with Gasteiger partial charge >= 0.3 is 0 Å². The molecule has 0 saturated heterocycles. The van der Waals surface area contributed by atoms with Crippen LogP contribution in [0.2, 0.25) is 0 Å². The maximum Gasteiger partial charge on any atom is 0.123 e. The highest BCUT2D eigenvalue weighted by molar-refractivity contribution is 9.10. The van der Waals surface area contributed by atoms with Crippen molar-refractivity contribution in [1.82, 2.24) is 5.32 Å². The Kier molecular flexibility index (Phi) is 5.54. The van der Waals surface area contributed by atoms with E-state index in [2.05, 4.69) is 52.4 Å². The molecule has 2 rings (SSSR count). The number of nitrogens with one attached hydrogen (secondary N) is 1. The van der Waals surface area contributed by atoms with Crippen LogP contribution in [0.1, 0.15) is 24.5 Å². The number of halogens is 2. The highest BCUT2D eigenvalue weighted by Gasteiger charge is 2.30. The Morgan fingerprint density at radius 1 is 1.14 bits per heavy atom. The van der Waals surface area contributed by atoms with Crippen molar-refractivity contribution in [2.45, 2.75) is 25.2 Å². The topological polar surface area (TPSA) is 12.0 Å². The third-order valence-electron chi connectivity index (χ3n) is 4.11. The van der Waals surface area contributed by atoms with Crippen molar-refractivity contribution in [3.63, 3.8) is 0 Å². The molecule has 21 heavy (non-hydrogen) atoms. The largest absolute Gasteiger partial charge is 0.319 e. The molecule has 2 aromatic rings. The van der Waals surface area contributed by atoms with E-state index in [1.165, 1.54) is 11.6 Å². The first-order valence-corrected chi connectivity index (χ1v) is 8.04. The molecule has 0 spiro atoms. The van der Waals surface area contributed by atoms with Crippen molar-refractivity contribution >= 4 is 15.9 Å². The second kappa shape index (κ2) is 7.19. The predicted octanol–water partition coefficient (Wildman–Crippen LogP) is 4.70. The van der Waals surface area contributed by atoms with Crippen LogP contribution in [0.3, 0.4) is 0 Å². The quantitative estimate of drug-likeness (QED) is 0.796. The molecule has 1 N–H and O–H groups in total. The van der Waals surface area contributed by atoms with Gasteiger partial charge in [-0.25, -0.2) is 4.39 Å². The molecule has 2 aromatic carbocycles. The van der Waals surface area contributed by atoms with Crippen molar-refractivity contribution in [1.29, 1.82) is 0 Å². The van der Waals surface area contributed by atoms with E-state index < -0.39 is 0 Å². The van der Waals surface area contributed by atoms with Gasteiger partial charge in [0.05, 0.1) is 0 Å². The molecule has 0 heterocycles. The van der Waals surface area contributed by atoms with Gasteiger partial charge in [-0.3, -0.25) is 0 Å². The first-order valence-electron chi connectivity index (χ1n) is 7.25. The van der Waals surface area contributed by atoms with E-state index in [9.17, 15) is 4.39 Å². The Morgan fingerprint density at radius 2 is 1.86 bits per heavy atom. The highest BCUT2D eigenvalue weighted by Crippen LogP contribution is 2.34. The fraction of sp³-hybridized carbons (Fsp3) is 0.333. The second-order valence-electron chi connectivity index (χ2n) is 5.44. The number of likely N-dealkylation sites (N-methyl/N-ethyl adjacent to an activating group) is 1. The van der Waals surface area contributed by atoms with Gasteiger partial charge in [-0.15, -0.1) is 0 Å². The zero-order valence-electron chi connectivity index (χ0n) is 12.5. The Balaban J connectivity index is 2.43. The molecular weight excluding hydrogens is 329 g/mol. The molecule has 0 aromatic heterocycles. The molecule has 0 aliphatic rings. The van der Waals surface area contributed by atoms with Crippen LogP contribution in [0.5, 0.6) is 0 Å². The standard InChI is InChI=1S/C18H21BrFN/c1-3-18(13-21-2,15-7-5-4-6-8-15)12-14-11-16(20)9-10-17(14)19/h4-11,21H,3,12-13H2,1-2H3. The molecule has 0 radical (unpaired) electrons. The molecule has 1 unspecified atom stereocenters. The van der Waals surface area contributed by atoms with Gasteiger partial charge in [0.1, 0.15) is 5.82 Å². The highest BCUT2D eigenvalue weighted by atomic mass is 79.9. The molecule has 0 fully saturated rings. The summed E-state index contributed by atoms with van der Waals surface area (Å²) in [6.45, 7) is 3.05. The smallest absolute Gasteiger partial charge is 0.123 e. The van der Waals surface area contributed by atoms with Crippen LogP contribution in [-0.2, 0) is 11.8 Å². The van der Waals surface area contributed by atoms with Gasteiger partial charge in [-0.1, -0.05) is 53.2 Å². The summed E-state index contributed by atoms with van der Waals surface area (Å²) >= 11 is 3.55. The summed E-state index contributed by atoms with van der Waals surface area (Å²) in [5, 5.41) is 3.30. The van der Waals surface area contributed by atoms with Crippen LogP contribution in [0.4, 0.5) is 4.39 Å². The SMILES string of the molecule is CCC(CNC)(Cc1cc(F)ccc1Br)c1ccccc1. The zero-order chi connectivity index (χ0) is 15.3. The van der Waals surface area contributed by atoms with Crippen LogP contribution in [0.15, 0.2) is 53.0 Å². The van der Waals surface area contributed by atoms with Crippen molar-refractivity contribution in [2.75, 3.05) is 13.6 Å². The summed E-state index contributed by atoms with van der Waals surface area (Å²) in [7, 11) is 1.97. The zero-order valence-corrected chi connectivity index (χ0v) is 14.1. The first kappa shape index (κ1) is 16.2. The normalized spacial score (nSPS) is 13.9. The average Bonchev–Trinajstić information content (AvgIpc) is 2.51. The van der Waals surface area contributed by atoms with E-state index in [1.807, 2.05) is 13.1 Å². The third kappa shape index (κ3) is 3.72. The van der Waals surface area contributed by atoms with Crippen molar-refractivity contribution in [3.8, 4) is 0 Å².